The summed E-state index contributed by atoms with van der Waals surface area (Å²) >= 11 is 0. The summed E-state index contributed by atoms with van der Waals surface area (Å²) in [5.41, 5.74) is -1.96. The van der Waals surface area contributed by atoms with Gasteiger partial charge in [-0.05, 0) is 37.5 Å². The lowest BCUT2D eigenvalue weighted by Gasteiger charge is -2.30. The monoisotopic (exact) mass is 254 g/mol. The van der Waals surface area contributed by atoms with Crippen LogP contribution in [0, 0.1) is 23.7 Å². The van der Waals surface area contributed by atoms with E-state index in [9.17, 15) is 10.2 Å². The molecule has 0 aromatic carbocycles. The first-order valence-corrected chi connectivity index (χ1v) is 7.28. The first kappa shape index (κ1) is 17.5. The molecule has 0 saturated carbocycles. The Hall–Kier alpha value is -0.520. The molecule has 0 fully saturated rings. The smallest absolute Gasteiger partial charge is 0.127 e. The van der Waals surface area contributed by atoms with Gasteiger partial charge in [0, 0.05) is 0 Å². The SMILES string of the molecule is CCC(C)C(O)(C#CC(O)(CC)C(C)CC)CC. The van der Waals surface area contributed by atoms with Gasteiger partial charge < -0.3 is 10.2 Å². The molecule has 0 rings (SSSR count). The summed E-state index contributed by atoms with van der Waals surface area (Å²) in [7, 11) is 0. The van der Waals surface area contributed by atoms with Crippen molar-refractivity contribution >= 4 is 0 Å². The van der Waals surface area contributed by atoms with E-state index in [0.29, 0.717) is 12.8 Å². The molecule has 0 aromatic heterocycles. The number of hydrogen-bond acceptors (Lipinski definition) is 2. The third-order valence-corrected chi connectivity index (χ3v) is 4.43. The molecule has 0 heterocycles. The zero-order valence-electron chi connectivity index (χ0n) is 12.9. The summed E-state index contributed by atoms with van der Waals surface area (Å²) in [6, 6.07) is 0. The van der Waals surface area contributed by atoms with Crippen molar-refractivity contribution in [2.45, 2.75) is 78.4 Å². The second kappa shape index (κ2) is 7.16. The van der Waals surface area contributed by atoms with Gasteiger partial charge in [0.05, 0.1) is 0 Å². The van der Waals surface area contributed by atoms with Gasteiger partial charge in [0.1, 0.15) is 11.2 Å². The van der Waals surface area contributed by atoms with Crippen LogP contribution >= 0.6 is 0 Å². The molecule has 106 valence electrons. The van der Waals surface area contributed by atoms with Gasteiger partial charge in [-0.15, -0.1) is 0 Å². The van der Waals surface area contributed by atoms with Crippen molar-refractivity contribution in [3.05, 3.63) is 0 Å². The van der Waals surface area contributed by atoms with Crippen molar-refractivity contribution < 1.29 is 10.2 Å². The lowest BCUT2D eigenvalue weighted by molar-refractivity contribution is 0.0289. The quantitative estimate of drug-likeness (QED) is 0.714. The van der Waals surface area contributed by atoms with Gasteiger partial charge in [0.15, 0.2) is 0 Å². The summed E-state index contributed by atoms with van der Waals surface area (Å²) in [6.07, 6.45) is 2.95. The molecule has 0 amide bonds. The molecular formula is C16H30O2. The first-order chi connectivity index (χ1) is 8.29. The Labute approximate surface area is 113 Å². The van der Waals surface area contributed by atoms with Gasteiger partial charge in [-0.2, -0.15) is 0 Å². The highest BCUT2D eigenvalue weighted by Gasteiger charge is 2.32. The minimum Gasteiger partial charge on any atom is -0.377 e. The van der Waals surface area contributed by atoms with Crippen molar-refractivity contribution in [1.82, 2.24) is 0 Å². The van der Waals surface area contributed by atoms with Crippen molar-refractivity contribution in [2.24, 2.45) is 11.8 Å². The van der Waals surface area contributed by atoms with E-state index in [1.807, 2.05) is 41.5 Å². The van der Waals surface area contributed by atoms with Crippen LogP contribution < -0.4 is 0 Å². The molecular weight excluding hydrogens is 224 g/mol. The molecule has 0 saturated heterocycles. The molecule has 0 aliphatic rings. The Balaban J connectivity index is 5.21. The van der Waals surface area contributed by atoms with E-state index in [1.165, 1.54) is 0 Å². The average Bonchev–Trinajstić information content (AvgIpc) is 2.42. The normalized spacial score (nSPS) is 21.1. The number of aliphatic hydroxyl groups is 2. The Morgan fingerprint density at radius 1 is 0.778 bits per heavy atom. The van der Waals surface area contributed by atoms with Crippen molar-refractivity contribution in [2.75, 3.05) is 0 Å². The standard InChI is InChI=1S/C16H30O2/c1-7-13(5)15(17,9-3)11-12-16(18,10-4)14(6)8-2/h13-14,17-18H,7-10H2,1-6H3. The van der Waals surface area contributed by atoms with Gasteiger partial charge >= 0.3 is 0 Å². The van der Waals surface area contributed by atoms with Crippen LogP contribution in [-0.4, -0.2) is 21.4 Å². The molecule has 2 N–H and O–H groups in total. The van der Waals surface area contributed by atoms with E-state index in [1.54, 1.807) is 0 Å². The maximum Gasteiger partial charge on any atom is 0.127 e. The minimum absolute atomic E-state index is 0.119. The van der Waals surface area contributed by atoms with E-state index in [4.69, 9.17) is 0 Å². The van der Waals surface area contributed by atoms with Crippen molar-refractivity contribution in [3.8, 4) is 11.8 Å². The highest BCUT2D eigenvalue weighted by molar-refractivity contribution is 5.22. The highest BCUT2D eigenvalue weighted by Crippen LogP contribution is 2.27. The number of rotatable bonds is 6. The van der Waals surface area contributed by atoms with Gasteiger partial charge in [0.25, 0.3) is 0 Å². The lowest BCUT2D eigenvalue weighted by Crippen LogP contribution is -2.37. The topological polar surface area (TPSA) is 40.5 Å². The molecule has 0 aliphatic heterocycles. The molecule has 0 bridgehead atoms. The zero-order chi connectivity index (χ0) is 14.4. The van der Waals surface area contributed by atoms with E-state index < -0.39 is 11.2 Å². The van der Waals surface area contributed by atoms with Crippen molar-refractivity contribution in [1.29, 1.82) is 0 Å². The molecule has 0 aliphatic carbocycles. The van der Waals surface area contributed by atoms with Gasteiger partial charge in [-0.3, -0.25) is 0 Å². The molecule has 2 heteroatoms. The largest absolute Gasteiger partial charge is 0.377 e. The highest BCUT2D eigenvalue weighted by atomic mass is 16.3. The Bertz CT molecular complexity index is 274. The molecule has 4 atom stereocenters. The molecule has 4 unspecified atom stereocenters. The average molecular weight is 254 g/mol. The lowest BCUT2D eigenvalue weighted by atomic mass is 9.81. The van der Waals surface area contributed by atoms with Crippen LogP contribution in [-0.2, 0) is 0 Å². The Morgan fingerprint density at radius 3 is 1.22 bits per heavy atom. The summed E-state index contributed by atoms with van der Waals surface area (Å²) in [5, 5.41) is 21.0. The Kier molecular flexibility index (Phi) is 6.96. The summed E-state index contributed by atoms with van der Waals surface area (Å²) in [4.78, 5) is 0. The Morgan fingerprint density at radius 2 is 1.06 bits per heavy atom. The van der Waals surface area contributed by atoms with Crippen LogP contribution in [0.25, 0.3) is 0 Å². The molecule has 0 radical (unpaired) electrons. The maximum atomic E-state index is 10.5. The predicted molar refractivity (Wildman–Crippen MR) is 77.2 cm³/mol. The summed E-state index contributed by atoms with van der Waals surface area (Å²) in [5.74, 6) is 6.15. The third-order valence-electron chi connectivity index (χ3n) is 4.43. The van der Waals surface area contributed by atoms with Gasteiger partial charge in [0.2, 0.25) is 0 Å². The molecule has 0 aromatic rings. The maximum absolute atomic E-state index is 10.5. The van der Waals surface area contributed by atoms with Crippen LogP contribution in [0.1, 0.15) is 67.2 Å². The fourth-order valence-electron chi connectivity index (χ4n) is 2.01. The van der Waals surface area contributed by atoms with Crippen LogP contribution in [0.15, 0.2) is 0 Å². The van der Waals surface area contributed by atoms with Crippen LogP contribution in [0.4, 0.5) is 0 Å². The van der Waals surface area contributed by atoms with Gasteiger partial charge in [-0.25, -0.2) is 0 Å². The van der Waals surface area contributed by atoms with Crippen LogP contribution in [0.2, 0.25) is 0 Å². The summed E-state index contributed by atoms with van der Waals surface area (Å²) in [6.45, 7) is 12.0. The second-order valence-corrected chi connectivity index (χ2v) is 5.42. The van der Waals surface area contributed by atoms with Crippen molar-refractivity contribution in [3.63, 3.8) is 0 Å². The molecule has 2 nitrogen and oxygen atoms in total. The van der Waals surface area contributed by atoms with E-state index >= 15 is 0 Å². The zero-order valence-corrected chi connectivity index (χ0v) is 12.9. The summed E-state index contributed by atoms with van der Waals surface area (Å²) < 4.78 is 0. The molecule has 0 spiro atoms. The van der Waals surface area contributed by atoms with E-state index in [2.05, 4.69) is 11.8 Å². The minimum atomic E-state index is -0.981. The van der Waals surface area contributed by atoms with Gasteiger partial charge in [-0.1, -0.05) is 53.4 Å². The molecule has 18 heavy (non-hydrogen) atoms. The fourth-order valence-corrected chi connectivity index (χ4v) is 2.01. The third kappa shape index (κ3) is 4.00. The number of hydrogen-bond donors (Lipinski definition) is 2. The predicted octanol–water partition coefficient (Wildman–Crippen LogP) is 3.36. The van der Waals surface area contributed by atoms with E-state index in [0.717, 1.165) is 12.8 Å². The van der Waals surface area contributed by atoms with E-state index in [-0.39, 0.29) is 11.8 Å². The fraction of sp³-hybridized carbons (Fsp3) is 0.875. The van der Waals surface area contributed by atoms with Crippen LogP contribution in [0.3, 0.4) is 0 Å². The first-order valence-electron chi connectivity index (χ1n) is 7.28. The van der Waals surface area contributed by atoms with Crippen LogP contribution in [0.5, 0.6) is 0 Å². The second-order valence-electron chi connectivity index (χ2n) is 5.42.